The number of halogens is 3. The Balaban J connectivity index is 2.08. The fourth-order valence-corrected chi connectivity index (χ4v) is 4.48. The van der Waals surface area contributed by atoms with Gasteiger partial charge in [-0.1, -0.05) is 30.3 Å². The van der Waals surface area contributed by atoms with Crippen molar-refractivity contribution in [3.05, 3.63) is 42.0 Å². The summed E-state index contributed by atoms with van der Waals surface area (Å²) in [5.74, 6) is 0. The van der Waals surface area contributed by atoms with E-state index in [4.69, 9.17) is 4.74 Å². The summed E-state index contributed by atoms with van der Waals surface area (Å²) in [5, 5.41) is 0.808. The lowest BCUT2D eigenvalue weighted by atomic mass is 10.0. The number of hydrogen-bond donors (Lipinski definition) is 1. The van der Waals surface area contributed by atoms with Crippen LogP contribution in [0.4, 0.5) is 13.2 Å². The second-order valence-electron chi connectivity index (χ2n) is 4.82. The van der Waals surface area contributed by atoms with Crippen LogP contribution in [0.5, 0.6) is 0 Å². The third-order valence-electron chi connectivity index (χ3n) is 3.28. The standard InChI is InChI=1S/C13H10F3NO4S2/c14-13(15,16)22(18)17-23(19,20)12-6-5-9(11-7-21-11)8-3-1-2-4-10(8)12/h1-6,11,17H,7H2. The van der Waals surface area contributed by atoms with Crippen LogP contribution in [-0.4, -0.2) is 25.1 Å². The third kappa shape index (κ3) is 3.31. The molecule has 2 unspecified atom stereocenters. The molecule has 10 heteroatoms. The molecule has 124 valence electrons. The van der Waals surface area contributed by atoms with E-state index in [0.717, 1.165) is 9.69 Å². The van der Waals surface area contributed by atoms with Gasteiger partial charge in [0.15, 0.2) is 11.4 Å². The van der Waals surface area contributed by atoms with Gasteiger partial charge < -0.3 is 9.29 Å². The quantitative estimate of drug-likeness (QED) is 0.666. The highest BCUT2D eigenvalue weighted by Crippen LogP contribution is 2.37. The Bertz CT molecular complexity index is 850. The highest BCUT2D eigenvalue weighted by atomic mass is 32.3. The molecule has 0 spiro atoms. The van der Waals surface area contributed by atoms with E-state index in [0.29, 0.717) is 12.0 Å². The van der Waals surface area contributed by atoms with Crippen molar-refractivity contribution in [3.8, 4) is 0 Å². The molecule has 1 N–H and O–H groups in total. The molecule has 23 heavy (non-hydrogen) atoms. The van der Waals surface area contributed by atoms with Crippen LogP contribution in [-0.2, 0) is 26.1 Å². The number of alkyl halides is 3. The topological polar surface area (TPSA) is 81.8 Å². The highest BCUT2D eigenvalue weighted by Gasteiger charge is 2.48. The zero-order valence-corrected chi connectivity index (χ0v) is 13.0. The van der Waals surface area contributed by atoms with E-state index in [-0.39, 0.29) is 16.4 Å². The molecular weight excluding hydrogens is 355 g/mol. The summed E-state index contributed by atoms with van der Waals surface area (Å²) in [6.45, 7) is 0.506. The van der Waals surface area contributed by atoms with E-state index in [1.54, 1.807) is 18.2 Å². The summed E-state index contributed by atoms with van der Waals surface area (Å²) in [4.78, 5) is -0.366. The number of epoxide rings is 1. The maximum absolute atomic E-state index is 12.3. The first kappa shape index (κ1) is 16.5. The first-order valence-corrected chi connectivity index (χ1v) is 8.98. The van der Waals surface area contributed by atoms with Crippen LogP contribution in [0.15, 0.2) is 41.3 Å². The number of fused-ring (bicyclic) bond motifs is 1. The Morgan fingerprint density at radius 1 is 1.17 bits per heavy atom. The van der Waals surface area contributed by atoms with Crippen LogP contribution in [0.25, 0.3) is 10.8 Å². The lowest BCUT2D eigenvalue weighted by Gasteiger charge is -2.14. The van der Waals surface area contributed by atoms with Gasteiger partial charge in [0, 0.05) is 5.39 Å². The molecule has 1 aliphatic rings. The molecule has 1 heterocycles. The third-order valence-corrected chi connectivity index (χ3v) is 6.12. The second kappa shape index (κ2) is 5.64. The van der Waals surface area contributed by atoms with Crippen LogP contribution >= 0.6 is 0 Å². The average Bonchev–Trinajstić information content (AvgIpc) is 3.29. The first-order valence-electron chi connectivity index (χ1n) is 6.34. The van der Waals surface area contributed by atoms with Gasteiger partial charge in [0.05, 0.1) is 11.5 Å². The number of rotatable bonds is 4. The van der Waals surface area contributed by atoms with Gasteiger partial charge in [-0.05, 0) is 21.1 Å². The van der Waals surface area contributed by atoms with Gasteiger partial charge in [0.2, 0.25) is 0 Å². The molecule has 0 amide bonds. The molecule has 2 atom stereocenters. The predicted molar refractivity (Wildman–Crippen MR) is 77.2 cm³/mol. The van der Waals surface area contributed by atoms with Gasteiger partial charge in [-0.15, -0.1) is 13.2 Å². The molecule has 2 aromatic carbocycles. The summed E-state index contributed by atoms with van der Waals surface area (Å²) >= 11 is -3.71. The van der Waals surface area contributed by atoms with Gasteiger partial charge in [-0.25, -0.2) is 8.42 Å². The van der Waals surface area contributed by atoms with Crippen molar-refractivity contribution in [1.29, 1.82) is 0 Å². The molecule has 3 rings (SSSR count). The van der Waals surface area contributed by atoms with E-state index in [2.05, 4.69) is 0 Å². The number of nitrogens with one attached hydrogen (secondary N) is 1. The lowest BCUT2D eigenvalue weighted by Crippen LogP contribution is -2.40. The van der Waals surface area contributed by atoms with Crippen molar-refractivity contribution in [2.45, 2.75) is 16.5 Å². The minimum absolute atomic E-state index is 0.145. The molecule has 0 aromatic heterocycles. The molecule has 5 nitrogen and oxygen atoms in total. The Hall–Kier alpha value is -1.33. The normalized spacial score (nSPS) is 19.7. The Morgan fingerprint density at radius 2 is 1.78 bits per heavy atom. The number of benzene rings is 2. The van der Waals surface area contributed by atoms with Crippen LogP contribution in [0, 0.1) is 0 Å². The Labute approximate surface area is 132 Å². The molecule has 0 saturated carbocycles. The van der Waals surface area contributed by atoms with Gasteiger partial charge in [-0.2, -0.15) is 0 Å². The fraction of sp³-hybridized carbons (Fsp3) is 0.231. The van der Waals surface area contributed by atoms with E-state index in [1.165, 1.54) is 18.2 Å². The highest BCUT2D eigenvalue weighted by molar-refractivity contribution is 8.05. The summed E-state index contributed by atoms with van der Waals surface area (Å²) < 4.78 is 78.7. The summed E-state index contributed by atoms with van der Waals surface area (Å²) in [7, 11) is -4.60. The first-order chi connectivity index (χ1) is 10.7. The molecule has 1 saturated heterocycles. The lowest BCUT2D eigenvalue weighted by molar-refractivity contribution is -0.0440. The molecule has 1 fully saturated rings. The van der Waals surface area contributed by atoms with E-state index < -0.39 is 26.9 Å². The number of ether oxygens (including phenoxy) is 1. The molecule has 2 aromatic rings. The average molecular weight is 365 g/mol. The summed E-state index contributed by atoms with van der Waals surface area (Å²) in [6, 6.07) is 9.07. The smallest absolute Gasteiger partial charge is 0.590 e. The van der Waals surface area contributed by atoms with Crippen LogP contribution in [0.3, 0.4) is 0 Å². The zero-order valence-electron chi connectivity index (χ0n) is 11.3. The predicted octanol–water partition coefficient (Wildman–Crippen LogP) is 2.37. The minimum Gasteiger partial charge on any atom is -0.590 e. The van der Waals surface area contributed by atoms with Crippen molar-refractivity contribution in [2.75, 3.05) is 6.61 Å². The van der Waals surface area contributed by atoms with Crippen molar-refractivity contribution in [2.24, 2.45) is 0 Å². The largest absolute Gasteiger partial charge is 0.593 e. The molecule has 0 radical (unpaired) electrons. The monoisotopic (exact) mass is 365 g/mol. The Kier molecular flexibility index (Phi) is 4.05. The molecule has 1 aliphatic heterocycles. The van der Waals surface area contributed by atoms with E-state index in [9.17, 15) is 26.1 Å². The zero-order chi connectivity index (χ0) is 16.8. The number of sulfonamides is 1. The SMILES string of the molecule is O=S(=O)(N[S+]([O-])C(F)(F)F)c1ccc(C2CO2)c2ccccc12. The van der Waals surface area contributed by atoms with E-state index >= 15 is 0 Å². The van der Waals surface area contributed by atoms with Crippen molar-refractivity contribution < 1.29 is 30.9 Å². The molecule has 0 bridgehead atoms. The van der Waals surface area contributed by atoms with Crippen LogP contribution in [0.1, 0.15) is 11.7 Å². The van der Waals surface area contributed by atoms with Gasteiger partial charge in [0.1, 0.15) is 6.10 Å². The number of hydrogen-bond acceptors (Lipinski definition) is 4. The van der Waals surface area contributed by atoms with E-state index in [1.807, 2.05) is 0 Å². The molecule has 0 aliphatic carbocycles. The van der Waals surface area contributed by atoms with Gasteiger partial charge in [-0.3, -0.25) is 0 Å². The van der Waals surface area contributed by atoms with Crippen LogP contribution in [0.2, 0.25) is 0 Å². The van der Waals surface area contributed by atoms with Crippen molar-refractivity contribution >= 4 is 32.2 Å². The molecular formula is C13H10F3NO4S2. The Morgan fingerprint density at radius 3 is 2.35 bits per heavy atom. The van der Waals surface area contributed by atoms with Gasteiger partial charge in [0.25, 0.3) is 10.0 Å². The van der Waals surface area contributed by atoms with Crippen molar-refractivity contribution in [1.82, 2.24) is 4.13 Å². The van der Waals surface area contributed by atoms with Crippen molar-refractivity contribution in [3.63, 3.8) is 0 Å². The minimum atomic E-state index is -5.18. The van der Waals surface area contributed by atoms with Crippen LogP contribution < -0.4 is 4.13 Å². The summed E-state index contributed by atoms with van der Waals surface area (Å²) in [6.07, 6.45) is -0.145. The summed E-state index contributed by atoms with van der Waals surface area (Å²) in [5.41, 5.74) is -4.42. The maximum Gasteiger partial charge on any atom is 0.593 e. The van der Waals surface area contributed by atoms with Gasteiger partial charge >= 0.3 is 5.51 Å². The second-order valence-corrected chi connectivity index (χ2v) is 7.94. The fourth-order valence-electron chi connectivity index (χ4n) is 2.23. The maximum atomic E-state index is 12.3.